The third kappa shape index (κ3) is 4.46. The maximum absolute atomic E-state index is 11.9. The number of ketones is 1. The molecule has 1 amide bonds. The van der Waals surface area contributed by atoms with Crippen molar-refractivity contribution >= 4 is 11.7 Å². The van der Waals surface area contributed by atoms with Crippen LogP contribution in [-0.2, 0) is 4.79 Å². The molecule has 1 aliphatic heterocycles. The first kappa shape index (κ1) is 14.7. The number of carbonyl (C=O) groups excluding carboxylic acids is 2. The van der Waals surface area contributed by atoms with Gasteiger partial charge in [-0.25, -0.2) is 0 Å². The van der Waals surface area contributed by atoms with Crippen LogP contribution in [0, 0.1) is 0 Å². The number of hydrogen-bond donors (Lipinski definition) is 2. The monoisotopic (exact) mass is 274 g/mol. The van der Waals surface area contributed by atoms with Crippen molar-refractivity contribution in [2.75, 3.05) is 6.54 Å². The van der Waals surface area contributed by atoms with Gasteiger partial charge in [0.2, 0.25) is 5.91 Å². The molecule has 1 aliphatic rings. The lowest BCUT2D eigenvalue weighted by atomic mass is 10.00. The average Bonchev–Trinajstić information content (AvgIpc) is 2.46. The molecule has 1 aromatic carbocycles. The molecule has 0 radical (unpaired) electrons. The van der Waals surface area contributed by atoms with Crippen LogP contribution in [0.5, 0.6) is 0 Å². The first-order valence-electron chi connectivity index (χ1n) is 7.26. The summed E-state index contributed by atoms with van der Waals surface area (Å²) in [5, 5.41) is 6.38. The molecule has 1 fully saturated rings. The van der Waals surface area contributed by atoms with Crippen molar-refractivity contribution in [2.24, 2.45) is 0 Å². The van der Waals surface area contributed by atoms with E-state index >= 15 is 0 Å². The molecule has 0 bridgehead atoms. The Kier molecular flexibility index (Phi) is 5.30. The highest BCUT2D eigenvalue weighted by Crippen LogP contribution is 2.09. The van der Waals surface area contributed by atoms with Gasteiger partial charge in [-0.2, -0.15) is 0 Å². The lowest BCUT2D eigenvalue weighted by molar-refractivity contribution is -0.122. The summed E-state index contributed by atoms with van der Waals surface area (Å²) in [6, 6.07) is 9.81. The van der Waals surface area contributed by atoms with Crippen LogP contribution in [0.4, 0.5) is 0 Å². The number of piperidine rings is 1. The first-order chi connectivity index (χ1) is 9.65. The van der Waals surface area contributed by atoms with E-state index < -0.39 is 0 Å². The minimum Gasteiger partial charge on any atom is -0.353 e. The molecule has 2 atom stereocenters. The first-order valence-corrected chi connectivity index (χ1v) is 7.26. The van der Waals surface area contributed by atoms with Crippen LogP contribution in [0.25, 0.3) is 0 Å². The zero-order valence-corrected chi connectivity index (χ0v) is 11.9. The van der Waals surface area contributed by atoms with Crippen molar-refractivity contribution in [1.29, 1.82) is 0 Å². The predicted octanol–water partition coefficient (Wildman–Crippen LogP) is 1.91. The second-order valence-electron chi connectivity index (χ2n) is 5.43. The zero-order chi connectivity index (χ0) is 14.4. The molecule has 1 heterocycles. The Hall–Kier alpha value is -1.68. The van der Waals surface area contributed by atoms with E-state index in [-0.39, 0.29) is 30.6 Å². The van der Waals surface area contributed by atoms with Crippen LogP contribution in [0.2, 0.25) is 0 Å². The van der Waals surface area contributed by atoms with Crippen molar-refractivity contribution in [3.05, 3.63) is 35.9 Å². The number of rotatable bonds is 5. The van der Waals surface area contributed by atoms with E-state index in [0.29, 0.717) is 11.6 Å². The molecular weight excluding hydrogens is 252 g/mol. The molecule has 0 saturated carbocycles. The summed E-state index contributed by atoms with van der Waals surface area (Å²) >= 11 is 0. The fourth-order valence-corrected chi connectivity index (χ4v) is 2.56. The SMILES string of the molecule is CC1CC(NC(=O)CCC(=O)c2ccccc2)CCN1. The van der Waals surface area contributed by atoms with E-state index in [1.807, 2.05) is 18.2 Å². The molecule has 2 N–H and O–H groups in total. The number of carbonyl (C=O) groups is 2. The van der Waals surface area contributed by atoms with Crippen LogP contribution in [0.15, 0.2) is 30.3 Å². The highest BCUT2D eigenvalue weighted by atomic mass is 16.2. The molecule has 0 aromatic heterocycles. The molecule has 4 heteroatoms. The second kappa shape index (κ2) is 7.20. The largest absolute Gasteiger partial charge is 0.353 e. The topological polar surface area (TPSA) is 58.2 Å². The number of benzene rings is 1. The van der Waals surface area contributed by atoms with Crippen LogP contribution >= 0.6 is 0 Å². The quantitative estimate of drug-likeness (QED) is 0.806. The van der Waals surface area contributed by atoms with Gasteiger partial charge < -0.3 is 10.6 Å². The molecule has 2 rings (SSSR count). The van der Waals surface area contributed by atoms with E-state index in [4.69, 9.17) is 0 Å². The van der Waals surface area contributed by atoms with Gasteiger partial charge in [0.05, 0.1) is 0 Å². The number of amides is 1. The molecule has 0 aliphatic carbocycles. The molecular formula is C16H22N2O2. The van der Waals surface area contributed by atoms with Crippen LogP contribution in [0.3, 0.4) is 0 Å². The number of hydrogen-bond acceptors (Lipinski definition) is 3. The van der Waals surface area contributed by atoms with E-state index in [1.54, 1.807) is 12.1 Å². The van der Waals surface area contributed by atoms with E-state index in [1.165, 1.54) is 0 Å². The molecule has 0 spiro atoms. The maximum Gasteiger partial charge on any atom is 0.220 e. The van der Waals surface area contributed by atoms with Gasteiger partial charge in [0.25, 0.3) is 0 Å². The van der Waals surface area contributed by atoms with Crippen molar-refractivity contribution < 1.29 is 9.59 Å². The molecule has 1 aromatic rings. The fraction of sp³-hybridized carbons (Fsp3) is 0.500. The average molecular weight is 274 g/mol. The third-order valence-corrected chi connectivity index (χ3v) is 3.66. The van der Waals surface area contributed by atoms with Gasteiger partial charge in [0.1, 0.15) is 0 Å². The molecule has 2 unspecified atom stereocenters. The van der Waals surface area contributed by atoms with Gasteiger partial charge in [-0.3, -0.25) is 9.59 Å². The minimum absolute atomic E-state index is 0.0200. The van der Waals surface area contributed by atoms with Crippen molar-refractivity contribution in [3.8, 4) is 0 Å². The Bertz CT molecular complexity index is 459. The van der Waals surface area contributed by atoms with E-state index in [2.05, 4.69) is 17.6 Å². The second-order valence-corrected chi connectivity index (χ2v) is 5.43. The van der Waals surface area contributed by atoms with Gasteiger partial charge in [-0.15, -0.1) is 0 Å². The van der Waals surface area contributed by atoms with Crippen LogP contribution in [0.1, 0.15) is 43.0 Å². The highest BCUT2D eigenvalue weighted by molar-refractivity contribution is 5.97. The summed E-state index contributed by atoms with van der Waals surface area (Å²) in [6.07, 6.45) is 2.46. The standard InChI is InChI=1S/C16H22N2O2/c1-12-11-14(9-10-17-12)18-16(20)8-7-15(19)13-5-3-2-4-6-13/h2-6,12,14,17H,7-11H2,1H3,(H,18,20). The van der Waals surface area contributed by atoms with Crippen LogP contribution < -0.4 is 10.6 Å². The summed E-state index contributed by atoms with van der Waals surface area (Å²) in [6.45, 7) is 3.06. The smallest absolute Gasteiger partial charge is 0.220 e. The van der Waals surface area contributed by atoms with Gasteiger partial charge >= 0.3 is 0 Å². The summed E-state index contributed by atoms with van der Waals surface area (Å²) in [7, 11) is 0. The fourth-order valence-electron chi connectivity index (χ4n) is 2.56. The lowest BCUT2D eigenvalue weighted by Gasteiger charge is -2.28. The minimum atomic E-state index is -0.0200. The Balaban J connectivity index is 1.73. The lowest BCUT2D eigenvalue weighted by Crippen LogP contribution is -2.46. The Labute approximate surface area is 119 Å². The van der Waals surface area contributed by atoms with Gasteiger partial charge in [-0.05, 0) is 26.3 Å². The van der Waals surface area contributed by atoms with Crippen LogP contribution in [-0.4, -0.2) is 30.3 Å². The Morgan fingerprint density at radius 3 is 2.70 bits per heavy atom. The summed E-state index contributed by atoms with van der Waals surface area (Å²) in [5.41, 5.74) is 0.677. The zero-order valence-electron chi connectivity index (χ0n) is 11.9. The highest BCUT2D eigenvalue weighted by Gasteiger charge is 2.20. The predicted molar refractivity (Wildman–Crippen MR) is 78.6 cm³/mol. The number of Topliss-reactive ketones (excluding diaryl/α,β-unsaturated/α-hetero) is 1. The normalized spacial score (nSPS) is 22.2. The van der Waals surface area contributed by atoms with Gasteiger partial charge in [-0.1, -0.05) is 30.3 Å². The van der Waals surface area contributed by atoms with Gasteiger partial charge in [0.15, 0.2) is 5.78 Å². The van der Waals surface area contributed by atoms with Gasteiger partial charge in [0, 0.05) is 30.5 Å². The third-order valence-electron chi connectivity index (χ3n) is 3.66. The molecule has 108 valence electrons. The van der Waals surface area contributed by atoms with Crippen molar-refractivity contribution in [3.63, 3.8) is 0 Å². The molecule has 20 heavy (non-hydrogen) atoms. The summed E-state index contributed by atoms with van der Waals surface area (Å²) in [4.78, 5) is 23.8. The van der Waals surface area contributed by atoms with Crippen molar-refractivity contribution in [2.45, 2.75) is 44.7 Å². The summed E-state index contributed by atoms with van der Waals surface area (Å²) in [5.74, 6) is 0.00723. The Morgan fingerprint density at radius 2 is 2.00 bits per heavy atom. The molecule has 1 saturated heterocycles. The van der Waals surface area contributed by atoms with Crippen molar-refractivity contribution in [1.82, 2.24) is 10.6 Å². The maximum atomic E-state index is 11.9. The Morgan fingerprint density at radius 1 is 1.25 bits per heavy atom. The van der Waals surface area contributed by atoms with E-state index in [9.17, 15) is 9.59 Å². The van der Waals surface area contributed by atoms with E-state index in [0.717, 1.165) is 19.4 Å². The molecule has 4 nitrogen and oxygen atoms in total. The summed E-state index contributed by atoms with van der Waals surface area (Å²) < 4.78 is 0. The number of nitrogens with one attached hydrogen (secondary N) is 2.